The largest absolute Gasteiger partial charge is 0.494 e. The summed E-state index contributed by atoms with van der Waals surface area (Å²) in [7, 11) is 1.56. The summed E-state index contributed by atoms with van der Waals surface area (Å²) in [6.07, 6.45) is 1.62. The van der Waals surface area contributed by atoms with Crippen LogP contribution in [-0.4, -0.2) is 23.1 Å². The summed E-state index contributed by atoms with van der Waals surface area (Å²) < 4.78 is 11.0. The van der Waals surface area contributed by atoms with Gasteiger partial charge in [0.15, 0.2) is 5.17 Å². The topological polar surface area (TPSA) is 107 Å². The monoisotopic (exact) mass is 421 g/mol. The van der Waals surface area contributed by atoms with Crippen molar-refractivity contribution >= 4 is 40.3 Å². The van der Waals surface area contributed by atoms with E-state index in [9.17, 15) is 14.9 Å². The molecule has 9 heteroatoms. The second-order valence-corrected chi connectivity index (χ2v) is 7.19. The number of nitro groups is 1. The van der Waals surface area contributed by atoms with Crippen LogP contribution in [0.4, 0.5) is 11.4 Å². The molecule has 8 nitrogen and oxygen atoms in total. The number of nitrogens with one attached hydrogen (secondary N) is 1. The summed E-state index contributed by atoms with van der Waals surface area (Å²) in [6, 6.07) is 16.8. The first kappa shape index (κ1) is 19.5. The van der Waals surface area contributed by atoms with E-state index in [4.69, 9.17) is 9.15 Å². The Morgan fingerprint density at radius 3 is 2.63 bits per heavy atom. The van der Waals surface area contributed by atoms with Crippen molar-refractivity contribution in [3.8, 4) is 17.1 Å². The molecule has 3 aromatic rings. The molecule has 0 atom stereocenters. The van der Waals surface area contributed by atoms with Gasteiger partial charge in [-0.25, -0.2) is 4.99 Å². The number of thioether (sulfide) groups is 1. The van der Waals surface area contributed by atoms with Crippen molar-refractivity contribution < 1.29 is 18.9 Å². The van der Waals surface area contributed by atoms with Crippen LogP contribution in [0.2, 0.25) is 0 Å². The van der Waals surface area contributed by atoms with E-state index in [2.05, 4.69) is 10.3 Å². The highest BCUT2D eigenvalue weighted by atomic mass is 32.2. The van der Waals surface area contributed by atoms with Crippen molar-refractivity contribution in [1.29, 1.82) is 0 Å². The maximum absolute atomic E-state index is 12.3. The van der Waals surface area contributed by atoms with Gasteiger partial charge in [-0.05, 0) is 48.2 Å². The molecule has 0 radical (unpaired) electrons. The van der Waals surface area contributed by atoms with Gasteiger partial charge in [0.2, 0.25) is 0 Å². The van der Waals surface area contributed by atoms with Crippen LogP contribution in [0.25, 0.3) is 17.4 Å². The molecule has 1 saturated heterocycles. The Hall–Kier alpha value is -3.85. The number of non-ortho nitro benzene ring substituents is 1. The number of amidine groups is 1. The number of rotatable bonds is 5. The standard InChI is InChI=1S/C21H15N3O5S/c1-28-18-5-3-2-4-16(18)22-21-23-20(25)19(30-21)12-15-10-11-17(29-15)13-6-8-14(9-7-13)24(26)27/h2-12H,1H3,(H,22,23,25)/b19-12-. The Bertz CT molecular complexity index is 1180. The Balaban J connectivity index is 1.53. The third-order valence-electron chi connectivity index (χ3n) is 4.22. The van der Waals surface area contributed by atoms with Crippen LogP contribution in [0, 0.1) is 10.1 Å². The summed E-state index contributed by atoms with van der Waals surface area (Å²) >= 11 is 1.20. The molecule has 1 aliphatic heterocycles. The van der Waals surface area contributed by atoms with E-state index in [1.54, 1.807) is 49.6 Å². The van der Waals surface area contributed by atoms with Gasteiger partial charge in [0.1, 0.15) is 23.0 Å². The molecule has 1 aromatic heterocycles. The van der Waals surface area contributed by atoms with Gasteiger partial charge in [0.25, 0.3) is 11.6 Å². The lowest BCUT2D eigenvalue weighted by Gasteiger charge is -2.03. The normalized spacial score (nSPS) is 16.1. The summed E-state index contributed by atoms with van der Waals surface area (Å²) in [5.74, 6) is 1.36. The van der Waals surface area contributed by atoms with Gasteiger partial charge in [-0.3, -0.25) is 14.9 Å². The number of aliphatic imine (C=N–C) groups is 1. The number of carbonyl (C=O) groups excluding carboxylic acids is 1. The second kappa shape index (κ2) is 8.26. The molecule has 1 amide bonds. The number of ether oxygens (including phenoxy) is 1. The third kappa shape index (κ3) is 4.11. The molecule has 0 saturated carbocycles. The van der Waals surface area contributed by atoms with Crippen molar-refractivity contribution in [2.75, 3.05) is 7.11 Å². The van der Waals surface area contributed by atoms with Crippen LogP contribution < -0.4 is 10.1 Å². The predicted octanol–water partition coefficient (Wildman–Crippen LogP) is 4.76. The first-order valence-electron chi connectivity index (χ1n) is 8.81. The van der Waals surface area contributed by atoms with Crippen LogP contribution in [0.15, 0.2) is 75.0 Å². The lowest BCUT2D eigenvalue weighted by atomic mass is 10.1. The zero-order chi connectivity index (χ0) is 21.1. The number of benzene rings is 2. The number of para-hydroxylation sites is 2. The quantitative estimate of drug-likeness (QED) is 0.362. The molecule has 1 fully saturated rings. The Kier molecular flexibility index (Phi) is 5.36. The lowest BCUT2D eigenvalue weighted by Crippen LogP contribution is -2.19. The maximum Gasteiger partial charge on any atom is 0.269 e. The van der Waals surface area contributed by atoms with E-state index in [1.807, 2.05) is 12.1 Å². The Labute approximate surface area is 175 Å². The highest BCUT2D eigenvalue weighted by molar-refractivity contribution is 8.18. The molecular formula is C21H15N3O5S. The summed E-state index contributed by atoms with van der Waals surface area (Å²) in [6.45, 7) is 0. The van der Waals surface area contributed by atoms with E-state index in [-0.39, 0.29) is 11.6 Å². The first-order chi connectivity index (χ1) is 14.5. The van der Waals surface area contributed by atoms with Crippen LogP contribution >= 0.6 is 11.8 Å². The van der Waals surface area contributed by atoms with Gasteiger partial charge < -0.3 is 14.5 Å². The van der Waals surface area contributed by atoms with Gasteiger partial charge in [0, 0.05) is 23.8 Å². The number of methoxy groups -OCH3 is 1. The van der Waals surface area contributed by atoms with Crippen LogP contribution in [0.1, 0.15) is 5.76 Å². The fourth-order valence-electron chi connectivity index (χ4n) is 2.77. The van der Waals surface area contributed by atoms with E-state index in [0.29, 0.717) is 38.6 Å². The van der Waals surface area contributed by atoms with Gasteiger partial charge in [0.05, 0.1) is 16.9 Å². The van der Waals surface area contributed by atoms with Gasteiger partial charge in [-0.2, -0.15) is 0 Å². The number of hydrogen-bond donors (Lipinski definition) is 1. The molecular weight excluding hydrogens is 406 g/mol. The maximum atomic E-state index is 12.3. The molecule has 150 valence electrons. The van der Waals surface area contributed by atoms with Crippen molar-refractivity contribution in [2.45, 2.75) is 0 Å². The highest BCUT2D eigenvalue weighted by Gasteiger charge is 2.24. The SMILES string of the molecule is COc1ccccc1N=C1NC(=O)/C(=C/c2ccc(-c3ccc([N+](=O)[O-])cc3)o2)S1. The molecule has 1 aliphatic rings. The van der Waals surface area contributed by atoms with Gasteiger partial charge >= 0.3 is 0 Å². The van der Waals surface area contributed by atoms with Crippen LogP contribution in [-0.2, 0) is 4.79 Å². The fourth-order valence-corrected chi connectivity index (χ4v) is 3.59. The third-order valence-corrected chi connectivity index (χ3v) is 5.13. The molecule has 1 N–H and O–H groups in total. The highest BCUT2D eigenvalue weighted by Crippen LogP contribution is 2.33. The zero-order valence-corrected chi connectivity index (χ0v) is 16.5. The molecule has 30 heavy (non-hydrogen) atoms. The van der Waals surface area contributed by atoms with Crippen LogP contribution in [0.5, 0.6) is 5.75 Å². The zero-order valence-electron chi connectivity index (χ0n) is 15.7. The van der Waals surface area contributed by atoms with E-state index in [0.717, 1.165) is 0 Å². The Morgan fingerprint density at radius 2 is 1.90 bits per heavy atom. The number of carbonyl (C=O) groups is 1. The Morgan fingerprint density at radius 1 is 1.13 bits per heavy atom. The molecule has 4 rings (SSSR count). The second-order valence-electron chi connectivity index (χ2n) is 6.16. The predicted molar refractivity (Wildman–Crippen MR) is 115 cm³/mol. The van der Waals surface area contributed by atoms with E-state index >= 15 is 0 Å². The minimum absolute atomic E-state index is 0.00791. The summed E-state index contributed by atoms with van der Waals surface area (Å²) in [5, 5.41) is 13.9. The lowest BCUT2D eigenvalue weighted by molar-refractivity contribution is -0.384. The number of hydrogen-bond acceptors (Lipinski definition) is 7. The van der Waals surface area contributed by atoms with Crippen LogP contribution in [0.3, 0.4) is 0 Å². The van der Waals surface area contributed by atoms with Gasteiger partial charge in [-0.1, -0.05) is 12.1 Å². The minimum atomic E-state index is -0.456. The number of nitro benzene ring substituents is 1. The molecule has 0 aliphatic carbocycles. The number of amides is 1. The van der Waals surface area contributed by atoms with Crippen molar-refractivity contribution in [3.05, 3.63) is 81.4 Å². The summed E-state index contributed by atoms with van der Waals surface area (Å²) in [5.41, 5.74) is 1.32. The van der Waals surface area contributed by atoms with Gasteiger partial charge in [-0.15, -0.1) is 0 Å². The van der Waals surface area contributed by atoms with Crippen molar-refractivity contribution in [3.63, 3.8) is 0 Å². The smallest absolute Gasteiger partial charge is 0.269 e. The van der Waals surface area contributed by atoms with E-state index < -0.39 is 4.92 Å². The minimum Gasteiger partial charge on any atom is -0.494 e. The fraction of sp³-hybridized carbons (Fsp3) is 0.0476. The average Bonchev–Trinajstić information content (AvgIpc) is 3.35. The average molecular weight is 421 g/mol. The van der Waals surface area contributed by atoms with Crippen molar-refractivity contribution in [2.24, 2.45) is 4.99 Å². The molecule has 2 heterocycles. The molecule has 0 bridgehead atoms. The first-order valence-corrected chi connectivity index (χ1v) is 9.62. The molecule has 0 unspecified atom stereocenters. The number of nitrogens with zero attached hydrogens (tertiary/aromatic N) is 2. The summed E-state index contributed by atoms with van der Waals surface area (Å²) in [4.78, 5) is 27.5. The van der Waals surface area contributed by atoms with E-state index in [1.165, 1.54) is 23.9 Å². The molecule has 2 aromatic carbocycles. The van der Waals surface area contributed by atoms with Crippen molar-refractivity contribution in [1.82, 2.24) is 5.32 Å². The molecule has 0 spiro atoms. The number of furan rings is 1.